The maximum Gasteiger partial charge on any atom is 0.317 e. The van der Waals surface area contributed by atoms with Crippen LogP contribution < -0.4 is 5.32 Å². The van der Waals surface area contributed by atoms with E-state index < -0.39 is 5.97 Å². The molecular formula is C17H31N3O3. The fourth-order valence-electron chi connectivity index (χ4n) is 4.40. The number of piperazine rings is 1. The monoisotopic (exact) mass is 325 g/mol. The molecule has 2 aliphatic rings. The van der Waals surface area contributed by atoms with Crippen molar-refractivity contribution in [1.82, 2.24) is 15.1 Å². The molecule has 0 radical (unpaired) electrons. The van der Waals surface area contributed by atoms with Crippen molar-refractivity contribution in [2.75, 3.05) is 32.7 Å². The van der Waals surface area contributed by atoms with Crippen LogP contribution >= 0.6 is 0 Å². The molecular weight excluding hydrogens is 294 g/mol. The van der Waals surface area contributed by atoms with Crippen LogP contribution in [0.5, 0.6) is 0 Å². The first kappa shape index (κ1) is 18.2. The number of rotatable bonds is 4. The van der Waals surface area contributed by atoms with E-state index in [0.717, 1.165) is 12.8 Å². The van der Waals surface area contributed by atoms with E-state index in [4.69, 9.17) is 5.11 Å². The van der Waals surface area contributed by atoms with Gasteiger partial charge in [-0.1, -0.05) is 0 Å². The number of amides is 1. The van der Waals surface area contributed by atoms with Crippen LogP contribution in [-0.4, -0.2) is 70.6 Å². The number of hydrogen-bond acceptors (Lipinski definition) is 4. The zero-order valence-corrected chi connectivity index (χ0v) is 14.9. The van der Waals surface area contributed by atoms with Gasteiger partial charge in [-0.15, -0.1) is 0 Å². The van der Waals surface area contributed by atoms with Gasteiger partial charge in [0.15, 0.2) is 0 Å². The molecule has 2 saturated heterocycles. The van der Waals surface area contributed by atoms with Crippen LogP contribution in [0.2, 0.25) is 0 Å². The number of carbonyl (C=O) groups is 2. The van der Waals surface area contributed by atoms with Crippen molar-refractivity contribution in [1.29, 1.82) is 0 Å². The topological polar surface area (TPSA) is 72.9 Å². The Labute approximate surface area is 139 Å². The van der Waals surface area contributed by atoms with Crippen LogP contribution in [0, 0.1) is 5.92 Å². The van der Waals surface area contributed by atoms with Crippen LogP contribution in [0.25, 0.3) is 0 Å². The van der Waals surface area contributed by atoms with Crippen LogP contribution in [0.15, 0.2) is 0 Å². The number of carboxylic acids is 1. The van der Waals surface area contributed by atoms with E-state index in [1.165, 1.54) is 0 Å². The molecule has 2 aliphatic heterocycles. The largest absolute Gasteiger partial charge is 0.480 e. The fourth-order valence-corrected chi connectivity index (χ4v) is 4.40. The van der Waals surface area contributed by atoms with Crippen molar-refractivity contribution in [2.45, 2.75) is 58.0 Å². The van der Waals surface area contributed by atoms with E-state index in [1.54, 1.807) is 0 Å². The van der Waals surface area contributed by atoms with E-state index >= 15 is 0 Å². The number of hydrogen-bond donors (Lipinski definition) is 2. The molecule has 6 heteroatoms. The normalized spacial score (nSPS) is 25.3. The molecule has 0 unspecified atom stereocenters. The summed E-state index contributed by atoms with van der Waals surface area (Å²) in [4.78, 5) is 27.1. The van der Waals surface area contributed by atoms with E-state index in [2.05, 4.69) is 33.0 Å². The molecule has 1 amide bonds. The molecule has 0 aromatic rings. The maximum absolute atomic E-state index is 12.6. The summed E-state index contributed by atoms with van der Waals surface area (Å²) in [5.41, 5.74) is 0.125. The van der Waals surface area contributed by atoms with Gasteiger partial charge in [-0.2, -0.15) is 0 Å². The average molecular weight is 325 g/mol. The Bertz CT molecular complexity index is 438. The minimum Gasteiger partial charge on any atom is -0.480 e. The molecule has 2 heterocycles. The molecule has 2 fully saturated rings. The molecule has 132 valence electrons. The Morgan fingerprint density at radius 3 is 2.04 bits per heavy atom. The van der Waals surface area contributed by atoms with Gasteiger partial charge in [-0.25, -0.2) is 0 Å². The standard InChI is InChI=1S/C17H31N3O3/c1-16(2)10-13(11-17(3,4)18-16)9-14(21)20-7-5-19(6-8-20)12-15(22)23/h13,18H,5-12H2,1-4H3,(H,22,23). The third-order valence-corrected chi connectivity index (χ3v) is 4.82. The lowest BCUT2D eigenvalue weighted by molar-refractivity contribution is -0.139. The Kier molecular flexibility index (Phi) is 5.36. The van der Waals surface area contributed by atoms with Crippen molar-refractivity contribution < 1.29 is 14.7 Å². The summed E-state index contributed by atoms with van der Waals surface area (Å²) >= 11 is 0. The first-order valence-electron chi connectivity index (χ1n) is 8.58. The van der Waals surface area contributed by atoms with Gasteiger partial charge >= 0.3 is 5.97 Å². The highest BCUT2D eigenvalue weighted by molar-refractivity contribution is 5.76. The molecule has 23 heavy (non-hydrogen) atoms. The molecule has 2 rings (SSSR count). The zero-order valence-electron chi connectivity index (χ0n) is 14.9. The van der Waals surface area contributed by atoms with Gasteiger partial charge in [-0.05, 0) is 46.5 Å². The highest BCUT2D eigenvalue weighted by Gasteiger charge is 2.38. The summed E-state index contributed by atoms with van der Waals surface area (Å²) in [7, 11) is 0. The number of piperidine rings is 1. The lowest BCUT2D eigenvalue weighted by atomic mass is 9.74. The van der Waals surface area contributed by atoms with Gasteiger partial charge in [0.25, 0.3) is 0 Å². The zero-order chi connectivity index (χ0) is 17.3. The predicted molar refractivity (Wildman–Crippen MR) is 89.3 cm³/mol. The average Bonchev–Trinajstić information content (AvgIpc) is 2.34. The first-order chi connectivity index (χ1) is 10.6. The van der Waals surface area contributed by atoms with Gasteiger partial charge in [0.1, 0.15) is 0 Å². The molecule has 0 aromatic carbocycles. The Hall–Kier alpha value is -1.14. The third kappa shape index (κ3) is 5.46. The van der Waals surface area contributed by atoms with Crippen molar-refractivity contribution in [3.8, 4) is 0 Å². The van der Waals surface area contributed by atoms with Gasteiger partial charge in [0, 0.05) is 43.7 Å². The van der Waals surface area contributed by atoms with Crippen molar-refractivity contribution in [3.63, 3.8) is 0 Å². The van der Waals surface area contributed by atoms with Gasteiger partial charge in [0.2, 0.25) is 5.91 Å². The van der Waals surface area contributed by atoms with Crippen LogP contribution in [-0.2, 0) is 9.59 Å². The molecule has 0 bridgehead atoms. The molecule has 0 aromatic heterocycles. The summed E-state index contributed by atoms with van der Waals surface area (Å²) < 4.78 is 0. The quantitative estimate of drug-likeness (QED) is 0.811. The van der Waals surface area contributed by atoms with Gasteiger partial charge < -0.3 is 15.3 Å². The molecule has 6 nitrogen and oxygen atoms in total. The predicted octanol–water partition coefficient (Wildman–Crippen LogP) is 1.16. The number of carboxylic acid groups (broad SMARTS) is 1. The summed E-state index contributed by atoms with van der Waals surface area (Å²) in [6.45, 7) is 11.5. The summed E-state index contributed by atoms with van der Waals surface area (Å²) in [6, 6.07) is 0. The third-order valence-electron chi connectivity index (χ3n) is 4.82. The highest BCUT2D eigenvalue weighted by Crippen LogP contribution is 2.34. The Morgan fingerprint density at radius 1 is 1.04 bits per heavy atom. The number of nitrogens with one attached hydrogen (secondary N) is 1. The SMILES string of the molecule is CC1(C)CC(CC(=O)N2CCN(CC(=O)O)CC2)CC(C)(C)N1. The van der Waals surface area contributed by atoms with Crippen molar-refractivity contribution in [2.24, 2.45) is 5.92 Å². The van der Waals surface area contributed by atoms with Crippen molar-refractivity contribution in [3.05, 3.63) is 0 Å². The second kappa shape index (κ2) is 6.77. The van der Waals surface area contributed by atoms with Gasteiger partial charge in [0.05, 0.1) is 6.54 Å². The number of carbonyl (C=O) groups excluding carboxylic acids is 1. The second-order valence-electron chi connectivity index (χ2n) is 8.42. The molecule has 2 N–H and O–H groups in total. The lowest BCUT2D eigenvalue weighted by Crippen LogP contribution is -2.58. The smallest absolute Gasteiger partial charge is 0.317 e. The van der Waals surface area contributed by atoms with E-state index in [-0.39, 0.29) is 23.5 Å². The van der Waals surface area contributed by atoms with Crippen LogP contribution in [0.1, 0.15) is 47.0 Å². The van der Waals surface area contributed by atoms with Crippen LogP contribution in [0.3, 0.4) is 0 Å². The first-order valence-corrected chi connectivity index (χ1v) is 8.58. The van der Waals surface area contributed by atoms with E-state index in [1.807, 2.05) is 9.80 Å². The lowest BCUT2D eigenvalue weighted by Gasteiger charge is -2.47. The van der Waals surface area contributed by atoms with E-state index in [9.17, 15) is 9.59 Å². The summed E-state index contributed by atoms with van der Waals surface area (Å²) in [6.07, 6.45) is 2.63. The summed E-state index contributed by atoms with van der Waals surface area (Å²) in [5, 5.41) is 12.5. The summed E-state index contributed by atoms with van der Waals surface area (Å²) in [5.74, 6) is -0.173. The highest BCUT2D eigenvalue weighted by atomic mass is 16.4. The minimum absolute atomic E-state index is 0.0624. The second-order valence-corrected chi connectivity index (χ2v) is 8.42. The molecule has 0 spiro atoms. The molecule has 0 atom stereocenters. The van der Waals surface area contributed by atoms with Crippen molar-refractivity contribution >= 4 is 11.9 Å². The maximum atomic E-state index is 12.6. The number of nitrogens with zero attached hydrogens (tertiary/aromatic N) is 2. The molecule has 0 saturated carbocycles. The number of aliphatic carboxylic acids is 1. The van der Waals surface area contributed by atoms with E-state index in [0.29, 0.717) is 38.5 Å². The minimum atomic E-state index is -0.802. The van der Waals surface area contributed by atoms with Crippen LogP contribution in [0.4, 0.5) is 0 Å². The van der Waals surface area contributed by atoms with Gasteiger partial charge in [-0.3, -0.25) is 14.5 Å². The Balaban J connectivity index is 1.84. The molecule has 0 aliphatic carbocycles. The fraction of sp³-hybridized carbons (Fsp3) is 0.882. The Morgan fingerprint density at radius 2 is 1.57 bits per heavy atom.